The van der Waals surface area contributed by atoms with Gasteiger partial charge in [-0.15, -0.1) is 0 Å². The Kier molecular flexibility index (Phi) is 3.66. The van der Waals surface area contributed by atoms with E-state index in [9.17, 15) is 0 Å². The molecule has 20 heavy (non-hydrogen) atoms. The maximum absolute atomic E-state index is 5.85. The summed E-state index contributed by atoms with van der Waals surface area (Å²) in [6, 6.07) is 7.69. The van der Waals surface area contributed by atoms with E-state index in [0.717, 1.165) is 15.8 Å². The summed E-state index contributed by atoms with van der Waals surface area (Å²) in [5.74, 6) is 1.21. The molecule has 0 bridgehead atoms. The largest absolute Gasteiger partial charge is 0.436 e. The van der Waals surface area contributed by atoms with Crippen molar-refractivity contribution in [2.24, 2.45) is 5.73 Å². The Balaban J connectivity index is 2.04. The number of ether oxygens (including phenoxy) is 1. The van der Waals surface area contributed by atoms with Gasteiger partial charge in [0.05, 0.1) is 11.9 Å². The quantitative estimate of drug-likeness (QED) is 0.797. The number of nitrogens with two attached hydrogens (primary N) is 1. The molecule has 0 aliphatic carbocycles. The predicted molar refractivity (Wildman–Crippen MR) is 80.0 cm³/mol. The van der Waals surface area contributed by atoms with E-state index in [1.165, 1.54) is 0 Å². The summed E-state index contributed by atoms with van der Waals surface area (Å²) in [4.78, 5) is 8.58. The number of imidazole rings is 1. The summed E-state index contributed by atoms with van der Waals surface area (Å²) in [5, 5.41) is 0. The summed E-state index contributed by atoms with van der Waals surface area (Å²) in [6.07, 6.45) is 6.01. The van der Waals surface area contributed by atoms with Gasteiger partial charge in [-0.1, -0.05) is 6.07 Å². The van der Waals surface area contributed by atoms with E-state index in [-0.39, 0.29) is 0 Å². The summed E-state index contributed by atoms with van der Waals surface area (Å²) in [5.41, 5.74) is 7.48. The molecular formula is C14H13BrN4O. The highest BCUT2D eigenvalue weighted by molar-refractivity contribution is 9.10. The highest BCUT2D eigenvalue weighted by Crippen LogP contribution is 2.27. The second-order valence-electron chi connectivity index (χ2n) is 4.27. The van der Waals surface area contributed by atoms with Gasteiger partial charge in [-0.3, -0.25) is 4.98 Å². The van der Waals surface area contributed by atoms with Crippen LogP contribution in [0.1, 0.15) is 5.69 Å². The van der Waals surface area contributed by atoms with E-state index in [1.807, 2.05) is 34.9 Å². The monoisotopic (exact) mass is 332 g/mol. The molecule has 0 aliphatic heterocycles. The lowest BCUT2D eigenvalue weighted by molar-refractivity contribution is 0.456. The van der Waals surface area contributed by atoms with Crippen molar-refractivity contribution in [3.63, 3.8) is 0 Å². The van der Waals surface area contributed by atoms with E-state index in [1.54, 1.807) is 12.4 Å². The summed E-state index contributed by atoms with van der Waals surface area (Å²) >= 11 is 3.37. The molecule has 3 rings (SSSR count). The van der Waals surface area contributed by atoms with Crippen molar-refractivity contribution in [1.29, 1.82) is 0 Å². The first-order chi connectivity index (χ1) is 9.78. The zero-order chi connectivity index (χ0) is 13.9. The summed E-state index contributed by atoms with van der Waals surface area (Å²) in [7, 11) is 0. The number of fused-ring (bicyclic) bond motifs is 1. The molecule has 3 aromatic rings. The Bertz CT molecular complexity index is 741. The first-order valence-electron chi connectivity index (χ1n) is 6.22. The average Bonchev–Trinajstić information content (AvgIpc) is 2.77. The number of nitrogens with zero attached hydrogens (tertiary/aromatic N) is 3. The van der Waals surface area contributed by atoms with Crippen LogP contribution in [-0.4, -0.2) is 20.9 Å². The van der Waals surface area contributed by atoms with Crippen molar-refractivity contribution in [2.75, 3.05) is 6.54 Å². The van der Waals surface area contributed by atoms with Gasteiger partial charge in [0.2, 0.25) is 5.88 Å². The predicted octanol–water partition coefficient (Wildman–Crippen LogP) is 2.79. The lowest BCUT2D eigenvalue weighted by Gasteiger charge is -2.05. The highest BCUT2D eigenvalue weighted by Gasteiger charge is 2.13. The van der Waals surface area contributed by atoms with Crippen molar-refractivity contribution in [2.45, 2.75) is 6.42 Å². The summed E-state index contributed by atoms with van der Waals surface area (Å²) < 4.78 is 8.70. The molecule has 0 aromatic carbocycles. The molecule has 0 saturated heterocycles. The number of aromatic nitrogens is 3. The standard InChI is InChI=1S/C14H13BrN4O/c15-10-7-11(9-17-8-10)20-14-12(4-5-16)19-6-2-1-3-13(19)18-14/h1-3,6-9H,4-5,16H2. The number of hydrogen-bond donors (Lipinski definition) is 1. The van der Waals surface area contributed by atoms with Gasteiger partial charge in [0.15, 0.2) is 0 Å². The van der Waals surface area contributed by atoms with Gasteiger partial charge in [0.1, 0.15) is 11.4 Å². The molecule has 0 atom stereocenters. The van der Waals surface area contributed by atoms with Gasteiger partial charge in [0, 0.05) is 23.3 Å². The molecule has 0 aliphatic rings. The average molecular weight is 333 g/mol. The minimum absolute atomic E-state index is 0.537. The lowest BCUT2D eigenvalue weighted by Crippen LogP contribution is -2.06. The van der Waals surface area contributed by atoms with Crippen LogP contribution < -0.4 is 10.5 Å². The molecule has 0 radical (unpaired) electrons. The number of rotatable bonds is 4. The van der Waals surface area contributed by atoms with Crippen LogP contribution in [-0.2, 0) is 6.42 Å². The molecule has 0 spiro atoms. The van der Waals surface area contributed by atoms with Crippen LogP contribution in [0.25, 0.3) is 5.65 Å². The van der Waals surface area contributed by atoms with Gasteiger partial charge < -0.3 is 14.9 Å². The van der Waals surface area contributed by atoms with E-state index < -0.39 is 0 Å². The molecule has 0 saturated carbocycles. The maximum Gasteiger partial charge on any atom is 0.241 e. The Morgan fingerprint density at radius 1 is 1.30 bits per heavy atom. The number of pyridine rings is 2. The van der Waals surface area contributed by atoms with Gasteiger partial charge >= 0.3 is 0 Å². The van der Waals surface area contributed by atoms with Crippen molar-refractivity contribution < 1.29 is 4.74 Å². The third-order valence-electron chi connectivity index (χ3n) is 2.87. The van der Waals surface area contributed by atoms with Crippen LogP contribution >= 0.6 is 15.9 Å². The van der Waals surface area contributed by atoms with Crippen molar-refractivity contribution in [1.82, 2.24) is 14.4 Å². The third-order valence-corrected chi connectivity index (χ3v) is 3.30. The first kappa shape index (κ1) is 13.1. The molecule has 0 fully saturated rings. The van der Waals surface area contributed by atoms with E-state index in [2.05, 4.69) is 25.9 Å². The second-order valence-corrected chi connectivity index (χ2v) is 5.19. The van der Waals surface area contributed by atoms with Crippen molar-refractivity contribution in [3.05, 3.63) is 53.0 Å². The van der Waals surface area contributed by atoms with E-state index in [0.29, 0.717) is 24.6 Å². The normalized spacial score (nSPS) is 10.9. The zero-order valence-corrected chi connectivity index (χ0v) is 12.2. The molecule has 3 heterocycles. The Morgan fingerprint density at radius 2 is 2.20 bits per heavy atom. The lowest BCUT2D eigenvalue weighted by atomic mass is 10.3. The van der Waals surface area contributed by atoms with Gasteiger partial charge in [0.25, 0.3) is 0 Å². The van der Waals surface area contributed by atoms with Crippen LogP contribution in [0.15, 0.2) is 47.3 Å². The molecule has 0 unspecified atom stereocenters. The van der Waals surface area contributed by atoms with Crippen LogP contribution in [0.4, 0.5) is 0 Å². The van der Waals surface area contributed by atoms with E-state index in [4.69, 9.17) is 10.5 Å². The first-order valence-corrected chi connectivity index (χ1v) is 7.01. The SMILES string of the molecule is NCCc1c(Oc2cncc(Br)c2)nc2ccccn12. The molecule has 3 aromatic heterocycles. The third kappa shape index (κ3) is 2.52. The molecule has 102 valence electrons. The smallest absolute Gasteiger partial charge is 0.241 e. The summed E-state index contributed by atoms with van der Waals surface area (Å²) in [6.45, 7) is 0.537. The van der Waals surface area contributed by atoms with Crippen LogP contribution in [0.3, 0.4) is 0 Å². The van der Waals surface area contributed by atoms with Gasteiger partial charge in [-0.2, -0.15) is 4.98 Å². The Labute approximate surface area is 124 Å². The fourth-order valence-corrected chi connectivity index (χ4v) is 2.37. The number of hydrogen-bond acceptors (Lipinski definition) is 4. The minimum Gasteiger partial charge on any atom is -0.436 e. The Morgan fingerprint density at radius 3 is 3.00 bits per heavy atom. The molecule has 0 amide bonds. The fraction of sp³-hybridized carbons (Fsp3) is 0.143. The van der Waals surface area contributed by atoms with E-state index >= 15 is 0 Å². The fourth-order valence-electron chi connectivity index (χ4n) is 2.03. The topological polar surface area (TPSA) is 65.4 Å². The highest BCUT2D eigenvalue weighted by atomic mass is 79.9. The zero-order valence-electron chi connectivity index (χ0n) is 10.7. The second kappa shape index (κ2) is 5.60. The van der Waals surface area contributed by atoms with Gasteiger partial charge in [-0.05, 0) is 40.7 Å². The number of halogens is 1. The molecule has 6 heteroatoms. The molecule has 5 nitrogen and oxygen atoms in total. The van der Waals surface area contributed by atoms with Crippen molar-refractivity contribution in [3.8, 4) is 11.6 Å². The minimum atomic E-state index is 0.537. The van der Waals surface area contributed by atoms with Crippen LogP contribution in [0.2, 0.25) is 0 Å². The molecule has 2 N–H and O–H groups in total. The van der Waals surface area contributed by atoms with Crippen LogP contribution in [0, 0.1) is 0 Å². The van der Waals surface area contributed by atoms with Gasteiger partial charge in [-0.25, -0.2) is 0 Å². The maximum atomic E-state index is 5.85. The van der Waals surface area contributed by atoms with Crippen molar-refractivity contribution >= 4 is 21.6 Å². The van der Waals surface area contributed by atoms with Crippen LogP contribution in [0.5, 0.6) is 11.6 Å². The molecular weight excluding hydrogens is 320 g/mol. The Hall–Kier alpha value is -1.92.